The molecule has 7 nitrogen and oxygen atoms in total. The summed E-state index contributed by atoms with van der Waals surface area (Å²) in [5, 5.41) is 18.5. The van der Waals surface area contributed by atoms with Crippen molar-refractivity contribution < 1.29 is 14.7 Å². The first kappa shape index (κ1) is 13.5. The fourth-order valence-corrected chi connectivity index (χ4v) is 2.09. The lowest BCUT2D eigenvalue weighted by Gasteiger charge is -2.22. The van der Waals surface area contributed by atoms with Crippen LogP contribution in [0.15, 0.2) is 5.10 Å². The van der Waals surface area contributed by atoms with Crippen LogP contribution in [-0.2, 0) is 23.2 Å². The highest BCUT2D eigenvalue weighted by molar-refractivity contribution is 6.36. The summed E-state index contributed by atoms with van der Waals surface area (Å²) in [6.45, 7) is 1.88. The van der Waals surface area contributed by atoms with Crippen LogP contribution in [0.2, 0.25) is 5.02 Å². The molecular weight excluding hydrogens is 272 g/mol. The van der Waals surface area contributed by atoms with E-state index in [1.54, 1.807) is 18.7 Å². The van der Waals surface area contributed by atoms with Gasteiger partial charge in [0.15, 0.2) is 0 Å². The lowest BCUT2D eigenvalue weighted by atomic mass is 10.1. The Morgan fingerprint density at radius 1 is 1.47 bits per heavy atom. The molecule has 8 heteroatoms. The Balaban J connectivity index is 2.28. The molecule has 1 N–H and O–H groups in total. The average Bonchev–Trinajstić information content (AvgIpc) is 2.58. The number of carbonyl (C=O) groups excluding carboxylic acids is 1. The molecule has 1 aromatic heterocycles. The van der Waals surface area contributed by atoms with Gasteiger partial charge in [0.2, 0.25) is 5.91 Å². The van der Waals surface area contributed by atoms with Crippen LogP contribution < -0.4 is 0 Å². The number of hydrogen-bond donors (Lipinski definition) is 1. The van der Waals surface area contributed by atoms with E-state index in [1.807, 2.05) is 0 Å². The molecule has 0 spiro atoms. The summed E-state index contributed by atoms with van der Waals surface area (Å²) in [5.41, 5.74) is 1.27. The smallest absolute Gasteiger partial charge is 0.352 e. The second-order valence-corrected chi connectivity index (χ2v) is 4.65. The fraction of sp³-hybridized carbons (Fsp3) is 0.455. The van der Waals surface area contributed by atoms with Crippen LogP contribution in [-0.4, -0.2) is 37.5 Å². The van der Waals surface area contributed by atoms with Gasteiger partial charge in [-0.15, -0.1) is 0 Å². The topological polar surface area (TPSA) is 87.8 Å². The molecule has 0 aromatic carbocycles. The number of carboxylic acids is 1. The summed E-state index contributed by atoms with van der Waals surface area (Å²) < 4.78 is 1.56. The van der Waals surface area contributed by atoms with Gasteiger partial charge in [0.25, 0.3) is 0 Å². The number of aromatic nitrogens is 2. The minimum atomic E-state index is -1.11. The van der Waals surface area contributed by atoms with Crippen molar-refractivity contribution >= 4 is 29.2 Å². The van der Waals surface area contributed by atoms with Crippen molar-refractivity contribution in [3.63, 3.8) is 0 Å². The van der Waals surface area contributed by atoms with Crippen LogP contribution in [0.1, 0.15) is 24.2 Å². The second-order valence-electron chi connectivity index (χ2n) is 4.27. The molecule has 1 amide bonds. The van der Waals surface area contributed by atoms with Gasteiger partial charge in [0.1, 0.15) is 5.71 Å². The van der Waals surface area contributed by atoms with E-state index in [2.05, 4.69) is 10.2 Å². The average molecular weight is 285 g/mol. The summed E-state index contributed by atoms with van der Waals surface area (Å²) in [7, 11) is 1.71. The van der Waals surface area contributed by atoms with Gasteiger partial charge in [-0.1, -0.05) is 11.6 Å². The minimum Gasteiger partial charge on any atom is -0.477 e. The van der Waals surface area contributed by atoms with Gasteiger partial charge in [0.05, 0.1) is 23.0 Å². The normalized spacial score (nSPS) is 15.6. The third kappa shape index (κ3) is 2.60. The molecule has 102 valence electrons. The molecule has 2 heterocycles. The van der Waals surface area contributed by atoms with Gasteiger partial charge in [-0.3, -0.25) is 9.48 Å². The number of amides is 1. The molecule has 1 aromatic rings. The number of hydrazone groups is 1. The van der Waals surface area contributed by atoms with Gasteiger partial charge in [-0.2, -0.15) is 10.2 Å². The Morgan fingerprint density at radius 3 is 2.68 bits per heavy atom. The van der Waals surface area contributed by atoms with E-state index in [0.29, 0.717) is 16.4 Å². The van der Waals surface area contributed by atoms with E-state index >= 15 is 0 Å². The molecule has 2 rings (SSSR count). The number of aryl methyl sites for hydroxylation is 2. The first-order valence-corrected chi connectivity index (χ1v) is 6.07. The maximum Gasteiger partial charge on any atom is 0.352 e. The van der Waals surface area contributed by atoms with Crippen molar-refractivity contribution in [2.45, 2.75) is 26.3 Å². The molecule has 0 bridgehead atoms. The van der Waals surface area contributed by atoms with Crippen LogP contribution >= 0.6 is 11.6 Å². The van der Waals surface area contributed by atoms with Gasteiger partial charge in [-0.25, -0.2) is 9.80 Å². The van der Waals surface area contributed by atoms with E-state index in [-0.39, 0.29) is 31.0 Å². The third-order valence-electron chi connectivity index (χ3n) is 2.91. The molecule has 19 heavy (non-hydrogen) atoms. The van der Waals surface area contributed by atoms with Crippen LogP contribution in [0.4, 0.5) is 0 Å². The minimum absolute atomic E-state index is 0.0189. The van der Waals surface area contributed by atoms with Gasteiger partial charge < -0.3 is 5.11 Å². The summed E-state index contributed by atoms with van der Waals surface area (Å²) >= 11 is 6.09. The zero-order valence-electron chi connectivity index (χ0n) is 10.6. The highest BCUT2D eigenvalue weighted by Gasteiger charge is 2.26. The molecular formula is C11H13ClN4O3. The molecule has 0 radical (unpaired) electrons. The maximum atomic E-state index is 11.7. The first-order chi connectivity index (χ1) is 8.90. The molecule has 0 atom stereocenters. The number of aliphatic carboxylic acids is 1. The van der Waals surface area contributed by atoms with Crippen LogP contribution in [0.25, 0.3) is 0 Å². The Labute approximate surface area is 114 Å². The quantitative estimate of drug-likeness (QED) is 0.895. The Bertz CT molecular complexity index is 579. The molecule has 1 aliphatic heterocycles. The monoisotopic (exact) mass is 284 g/mol. The van der Waals surface area contributed by atoms with Gasteiger partial charge >= 0.3 is 5.97 Å². The SMILES string of the molecule is Cc1nn(C)c(CN2N=C(C(=O)O)CCC2=O)c1Cl. The maximum absolute atomic E-state index is 11.7. The van der Waals surface area contributed by atoms with Crippen molar-refractivity contribution in [3.05, 3.63) is 16.4 Å². The summed E-state index contributed by atoms with van der Waals surface area (Å²) in [6, 6.07) is 0. The molecule has 1 aliphatic rings. The van der Waals surface area contributed by atoms with Crippen molar-refractivity contribution in [1.82, 2.24) is 14.8 Å². The Kier molecular flexibility index (Phi) is 3.57. The fourth-order valence-electron chi connectivity index (χ4n) is 1.87. The Hall–Kier alpha value is -1.89. The van der Waals surface area contributed by atoms with Crippen molar-refractivity contribution in [2.24, 2.45) is 12.1 Å². The highest BCUT2D eigenvalue weighted by Crippen LogP contribution is 2.22. The molecule has 0 saturated heterocycles. The number of halogens is 1. The summed E-state index contributed by atoms with van der Waals surface area (Å²) in [5.74, 6) is -1.33. The molecule has 0 aliphatic carbocycles. The predicted molar refractivity (Wildman–Crippen MR) is 67.8 cm³/mol. The van der Waals surface area contributed by atoms with Crippen molar-refractivity contribution in [3.8, 4) is 0 Å². The van der Waals surface area contributed by atoms with E-state index in [1.165, 1.54) is 0 Å². The van der Waals surface area contributed by atoms with E-state index < -0.39 is 5.97 Å². The zero-order valence-corrected chi connectivity index (χ0v) is 11.3. The van der Waals surface area contributed by atoms with E-state index in [9.17, 15) is 9.59 Å². The lowest BCUT2D eigenvalue weighted by molar-refractivity contribution is -0.133. The number of rotatable bonds is 3. The summed E-state index contributed by atoms with van der Waals surface area (Å²) in [6.07, 6.45) is 0.294. The lowest BCUT2D eigenvalue weighted by Crippen LogP contribution is -2.34. The van der Waals surface area contributed by atoms with Crippen molar-refractivity contribution in [1.29, 1.82) is 0 Å². The van der Waals surface area contributed by atoms with E-state index in [4.69, 9.17) is 16.7 Å². The number of carbonyl (C=O) groups is 2. The van der Waals surface area contributed by atoms with Crippen LogP contribution in [0.3, 0.4) is 0 Å². The summed E-state index contributed by atoms with van der Waals surface area (Å²) in [4.78, 5) is 22.6. The predicted octanol–water partition coefficient (Wildman–Crippen LogP) is 0.945. The van der Waals surface area contributed by atoms with Crippen molar-refractivity contribution in [2.75, 3.05) is 0 Å². The van der Waals surface area contributed by atoms with Gasteiger partial charge in [0, 0.05) is 19.9 Å². The third-order valence-corrected chi connectivity index (χ3v) is 3.40. The largest absolute Gasteiger partial charge is 0.477 e. The molecule has 0 unspecified atom stereocenters. The number of nitrogens with zero attached hydrogens (tertiary/aromatic N) is 4. The highest BCUT2D eigenvalue weighted by atomic mass is 35.5. The standard InChI is InChI=1S/C11H13ClN4O3/c1-6-10(12)8(15(2)13-6)5-16-9(17)4-3-7(14-16)11(18)19/h3-5H2,1-2H3,(H,18,19). The zero-order chi connectivity index (χ0) is 14.2. The van der Waals surface area contributed by atoms with Crippen LogP contribution in [0.5, 0.6) is 0 Å². The van der Waals surface area contributed by atoms with Gasteiger partial charge in [-0.05, 0) is 6.92 Å². The molecule has 0 saturated carbocycles. The number of hydrogen-bond acceptors (Lipinski definition) is 4. The Morgan fingerprint density at radius 2 is 2.16 bits per heavy atom. The van der Waals surface area contributed by atoms with E-state index in [0.717, 1.165) is 5.01 Å². The molecule has 0 fully saturated rings. The second kappa shape index (κ2) is 5.00. The first-order valence-electron chi connectivity index (χ1n) is 5.69. The van der Waals surface area contributed by atoms with Crippen LogP contribution in [0, 0.1) is 6.92 Å². The number of carboxylic acid groups (broad SMARTS) is 1.